The van der Waals surface area contributed by atoms with Crippen molar-refractivity contribution in [1.29, 1.82) is 0 Å². The molecular formula is C30H40N2O7. The fourth-order valence-electron chi connectivity index (χ4n) is 5.34. The second kappa shape index (κ2) is 14.3. The number of nitrogens with zero attached hydrogens (tertiary/aromatic N) is 1. The zero-order valence-corrected chi connectivity index (χ0v) is 22.8. The Hall–Kier alpha value is -3.17. The number of aromatic nitrogens is 1. The van der Waals surface area contributed by atoms with E-state index in [9.17, 15) is 14.7 Å². The van der Waals surface area contributed by atoms with Gasteiger partial charge in [-0.05, 0) is 57.4 Å². The highest BCUT2D eigenvalue weighted by Crippen LogP contribution is 2.30. The van der Waals surface area contributed by atoms with Crippen molar-refractivity contribution < 1.29 is 33.6 Å². The van der Waals surface area contributed by atoms with Gasteiger partial charge in [0.1, 0.15) is 18.2 Å². The maximum Gasteiger partial charge on any atom is 0.329 e. The third kappa shape index (κ3) is 7.92. The van der Waals surface area contributed by atoms with E-state index in [4.69, 9.17) is 18.9 Å². The number of pyridine rings is 1. The van der Waals surface area contributed by atoms with E-state index in [-0.39, 0.29) is 29.4 Å². The summed E-state index contributed by atoms with van der Waals surface area (Å²) in [5.41, 5.74) is 1.06. The molecule has 2 fully saturated rings. The largest absolute Gasteiger partial charge is 0.503 e. The molecule has 2 aliphatic rings. The first-order valence-corrected chi connectivity index (χ1v) is 14.0. The number of esters is 1. The number of rotatable bonds is 10. The molecule has 212 valence electrons. The van der Waals surface area contributed by atoms with Crippen LogP contribution in [0.15, 0.2) is 42.6 Å². The molecule has 1 amide bonds. The lowest BCUT2D eigenvalue weighted by molar-refractivity contribution is -0.175. The Morgan fingerprint density at radius 2 is 1.87 bits per heavy atom. The van der Waals surface area contributed by atoms with Crippen LogP contribution < -0.4 is 10.1 Å². The molecule has 1 aromatic carbocycles. The molecular weight excluding hydrogens is 500 g/mol. The molecule has 4 rings (SSSR count). The number of aryl methyl sites for hydroxylation is 1. The van der Waals surface area contributed by atoms with Crippen LogP contribution in [0.5, 0.6) is 11.5 Å². The molecule has 9 heteroatoms. The van der Waals surface area contributed by atoms with Crippen LogP contribution in [-0.2, 0) is 25.4 Å². The Morgan fingerprint density at radius 1 is 1.10 bits per heavy atom. The molecule has 39 heavy (non-hydrogen) atoms. The summed E-state index contributed by atoms with van der Waals surface area (Å²) in [6.07, 6.45) is 8.01. The zero-order chi connectivity index (χ0) is 27.6. The molecule has 4 unspecified atom stereocenters. The SMILES string of the molecule is COc1ccnc(C(=O)NC2CCCC(OCCCc3ccccc3)C(OC3CCCC3)C(C)OC2=O)c1O. The molecule has 0 spiro atoms. The molecule has 2 heterocycles. The van der Waals surface area contributed by atoms with Crippen LogP contribution in [0.4, 0.5) is 0 Å². The third-order valence-electron chi connectivity index (χ3n) is 7.46. The van der Waals surface area contributed by atoms with E-state index >= 15 is 0 Å². The van der Waals surface area contributed by atoms with Crippen molar-refractivity contribution in [2.75, 3.05) is 13.7 Å². The van der Waals surface area contributed by atoms with E-state index in [2.05, 4.69) is 22.4 Å². The lowest BCUT2D eigenvalue weighted by Crippen LogP contribution is -2.46. The number of ether oxygens (including phenoxy) is 4. The maximum atomic E-state index is 13.2. The monoisotopic (exact) mass is 540 g/mol. The van der Waals surface area contributed by atoms with E-state index in [1.807, 2.05) is 25.1 Å². The van der Waals surface area contributed by atoms with Crippen molar-refractivity contribution in [3.63, 3.8) is 0 Å². The number of hydrogen-bond acceptors (Lipinski definition) is 8. The van der Waals surface area contributed by atoms with Crippen LogP contribution in [0, 0.1) is 0 Å². The summed E-state index contributed by atoms with van der Waals surface area (Å²) in [6, 6.07) is 10.9. The predicted octanol–water partition coefficient (Wildman–Crippen LogP) is 4.36. The molecule has 9 nitrogen and oxygen atoms in total. The van der Waals surface area contributed by atoms with Crippen molar-refractivity contribution in [3.05, 3.63) is 53.9 Å². The van der Waals surface area contributed by atoms with Crippen LogP contribution in [0.3, 0.4) is 0 Å². The Morgan fingerprint density at radius 3 is 2.62 bits per heavy atom. The minimum absolute atomic E-state index is 0.125. The number of amides is 1. The molecule has 1 aromatic heterocycles. The summed E-state index contributed by atoms with van der Waals surface area (Å²) >= 11 is 0. The number of benzene rings is 1. The number of methoxy groups -OCH3 is 1. The van der Waals surface area contributed by atoms with E-state index in [0.717, 1.165) is 38.5 Å². The highest BCUT2D eigenvalue weighted by atomic mass is 16.6. The van der Waals surface area contributed by atoms with Crippen molar-refractivity contribution in [2.24, 2.45) is 0 Å². The van der Waals surface area contributed by atoms with E-state index in [1.54, 1.807) is 0 Å². The number of nitrogens with one attached hydrogen (secondary N) is 1. The van der Waals surface area contributed by atoms with Crippen LogP contribution in [-0.4, -0.2) is 66.1 Å². The first-order valence-electron chi connectivity index (χ1n) is 14.0. The second-order valence-electron chi connectivity index (χ2n) is 10.3. The van der Waals surface area contributed by atoms with Gasteiger partial charge in [-0.15, -0.1) is 0 Å². The lowest BCUT2D eigenvalue weighted by Gasteiger charge is -2.33. The van der Waals surface area contributed by atoms with E-state index in [0.29, 0.717) is 25.9 Å². The van der Waals surface area contributed by atoms with Gasteiger partial charge in [-0.3, -0.25) is 4.79 Å². The fraction of sp³-hybridized carbons (Fsp3) is 0.567. The molecule has 2 N–H and O–H groups in total. The Bertz CT molecular complexity index is 1070. The third-order valence-corrected chi connectivity index (χ3v) is 7.46. The Kier molecular flexibility index (Phi) is 10.6. The fourth-order valence-corrected chi connectivity index (χ4v) is 5.34. The van der Waals surface area contributed by atoms with E-state index in [1.165, 1.54) is 24.9 Å². The summed E-state index contributed by atoms with van der Waals surface area (Å²) in [4.78, 5) is 30.1. The molecule has 0 radical (unpaired) electrons. The van der Waals surface area contributed by atoms with Gasteiger partial charge in [0, 0.05) is 18.9 Å². The molecule has 0 bridgehead atoms. The van der Waals surface area contributed by atoms with Gasteiger partial charge in [-0.1, -0.05) is 43.2 Å². The van der Waals surface area contributed by atoms with Gasteiger partial charge >= 0.3 is 5.97 Å². The van der Waals surface area contributed by atoms with Crippen LogP contribution >= 0.6 is 0 Å². The van der Waals surface area contributed by atoms with Crippen molar-refractivity contribution in [3.8, 4) is 11.5 Å². The molecule has 2 aromatic rings. The average Bonchev–Trinajstić information content (AvgIpc) is 3.47. The standard InChI is InChI=1S/C30H40N2O7/c1-20-28(39-22-13-6-7-14-22)25(37-19-9-12-21-10-4-3-5-11-21)16-8-15-23(30(35)38-20)32-29(34)26-27(33)24(36-2)17-18-31-26/h3-5,10-11,17-18,20,22-23,25,28,33H,6-9,12-16,19H2,1-2H3,(H,32,34). The highest BCUT2D eigenvalue weighted by Gasteiger charge is 2.37. The molecule has 1 saturated carbocycles. The van der Waals surface area contributed by atoms with Gasteiger partial charge in [0.15, 0.2) is 17.2 Å². The number of carbonyl (C=O) groups is 2. The molecule has 1 saturated heterocycles. The first-order chi connectivity index (χ1) is 19.0. The second-order valence-corrected chi connectivity index (χ2v) is 10.3. The lowest BCUT2D eigenvalue weighted by atomic mass is 10.0. The maximum absolute atomic E-state index is 13.2. The summed E-state index contributed by atoms with van der Waals surface area (Å²) in [5, 5.41) is 13.0. The van der Waals surface area contributed by atoms with Crippen LogP contribution in [0.25, 0.3) is 0 Å². The van der Waals surface area contributed by atoms with Gasteiger partial charge in [0.05, 0.1) is 19.3 Å². The quantitative estimate of drug-likeness (QED) is 0.337. The van der Waals surface area contributed by atoms with Crippen molar-refractivity contribution in [1.82, 2.24) is 10.3 Å². The minimum Gasteiger partial charge on any atom is -0.503 e. The van der Waals surface area contributed by atoms with Crippen molar-refractivity contribution in [2.45, 2.75) is 95.2 Å². The Labute approximate surface area is 230 Å². The van der Waals surface area contributed by atoms with Crippen LogP contribution in [0.1, 0.15) is 74.3 Å². The van der Waals surface area contributed by atoms with Gasteiger partial charge < -0.3 is 29.4 Å². The minimum atomic E-state index is -0.892. The summed E-state index contributed by atoms with van der Waals surface area (Å²) < 4.78 is 23.8. The summed E-state index contributed by atoms with van der Waals surface area (Å²) in [7, 11) is 1.39. The number of carbonyl (C=O) groups excluding carboxylic acids is 2. The van der Waals surface area contributed by atoms with Crippen LogP contribution in [0.2, 0.25) is 0 Å². The van der Waals surface area contributed by atoms with Crippen molar-refractivity contribution >= 4 is 11.9 Å². The number of cyclic esters (lactones) is 1. The zero-order valence-electron chi connectivity index (χ0n) is 22.8. The Balaban J connectivity index is 1.42. The smallest absolute Gasteiger partial charge is 0.329 e. The first kappa shape index (κ1) is 28.8. The van der Waals surface area contributed by atoms with E-state index < -0.39 is 30.1 Å². The summed E-state index contributed by atoms with van der Waals surface area (Å²) in [6.45, 7) is 2.41. The molecule has 1 aliphatic heterocycles. The average molecular weight is 541 g/mol. The van der Waals surface area contributed by atoms with Gasteiger partial charge in [-0.25, -0.2) is 9.78 Å². The molecule has 1 aliphatic carbocycles. The highest BCUT2D eigenvalue weighted by molar-refractivity contribution is 5.97. The topological polar surface area (TPSA) is 116 Å². The van der Waals surface area contributed by atoms with Gasteiger partial charge in [0.2, 0.25) is 0 Å². The number of aromatic hydroxyl groups is 1. The predicted molar refractivity (Wildman–Crippen MR) is 145 cm³/mol. The number of hydrogen-bond donors (Lipinski definition) is 2. The normalized spacial score (nSPS) is 24.3. The van der Waals surface area contributed by atoms with Gasteiger partial charge in [0.25, 0.3) is 5.91 Å². The van der Waals surface area contributed by atoms with Gasteiger partial charge in [-0.2, -0.15) is 0 Å². The summed E-state index contributed by atoms with van der Waals surface area (Å²) in [5.74, 6) is -1.47. The molecule has 4 atom stereocenters.